The highest BCUT2D eigenvalue weighted by Crippen LogP contribution is 2.27. The molecule has 0 bridgehead atoms. The molecule has 1 aromatic heterocycles. The number of rotatable bonds is 6. The molecule has 4 heteroatoms. The second-order valence-corrected chi connectivity index (χ2v) is 4.57. The fraction of sp³-hybridized carbons (Fsp3) is 0.400. The summed E-state index contributed by atoms with van der Waals surface area (Å²) in [6.45, 7) is 4.29. The van der Waals surface area contributed by atoms with E-state index >= 15 is 0 Å². The zero-order valence-electron chi connectivity index (χ0n) is 11.7. The molecule has 1 heterocycles. The Morgan fingerprint density at radius 2 is 2.16 bits per heavy atom. The lowest BCUT2D eigenvalue weighted by atomic mass is 10.1. The van der Waals surface area contributed by atoms with E-state index in [0.29, 0.717) is 0 Å². The summed E-state index contributed by atoms with van der Waals surface area (Å²) in [7, 11) is 1.70. The number of aromatic amines is 1. The molecule has 0 saturated heterocycles. The number of nitrogens with zero attached hydrogens (tertiary/aromatic N) is 1. The van der Waals surface area contributed by atoms with Gasteiger partial charge >= 0.3 is 0 Å². The van der Waals surface area contributed by atoms with Crippen LogP contribution in [0, 0.1) is 0 Å². The quantitative estimate of drug-likeness (QED) is 0.837. The maximum absolute atomic E-state index is 5.41. The number of para-hydroxylation sites is 1. The Bertz CT molecular complexity index is 496. The van der Waals surface area contributed by atoms with E-state index in [9.17, 15) is 0 Å². The first-order valence-corrected chi connectivity index (χ1v) is 6.64. The van der Waals surface area contributed by atoms with Crippen molar-refractivity contribution in [2.24, 2.45) is 0 Å². The zero-order chi connectivity index (χ0) is 13.7. The molecular weight excluding hydrogens is 238 g/mol. The van der Waals surface area contributed by atoms with Gasteiger partial charge in [-0.05, 0) is 19.4 Å². The lowest BCUT2D eigenvalue weighted by Gasteiger charge is -2.22. The number of benzene rings is 1. The van der Waals surface area contributed by atoms with Crippen molar-refractivity contribution >= 4 is 0 Å². The Kier molecular flexibility index (Phi) is 4.58. The van der Waals surface area contributed by atoms with E-state index in [1.165, 1.54) is 0 Å². The van der Waals surface area contributed by atoms with Gasteiger partial charge in [-0.3, -0.25) is 0 Å². The summed E-state index contributed by atoms with van der Waals surface area (Å²) in [5, 5.41) is 3.59. The Balaban J connectivity index is 2.13. The smallest absolute Gasteiger partial charge is 0.123 e. The number of imidazole rings is 1. The molecule has 0 amide bonds. The Labute approximate surface area is 114 Å². The minimum atomic E-state index is 0.200. The van der Waals surface area contributed by atoms with Gasteiger partial charge in [-0.15, -0.1) is 0 Å². The van der Waals surface area contributed by atoms with Gasteiger partial charge < -0.3 is 15.0 Å². The molecule has 0 aliphatic carbocycles. The Morgan fingerprint density at radius 1 is 1.37 bits per heavy atom. The predicted octanol–water partition coefficient (Wildman–Crippen LogP) is 3.22. The van der Waals surface area contributed by atoms with Crippen LogP contribution in [0.5, 0.6) is 5.75 Å². The van der Waals surface area contributed by atoms with Crippen molar-refractivity contribution in [1.82, 2.24) is 15.3 Å². The van der Waals surface area contributed by atoms with Crippen molar-refractivity contribution in [3.63, 3.8) is 0 Å². The monoisotopic (exact) mass is 259 g/mol. The molecule has 2 aromatic rings. The summed E-state index contributed by atoms with van der Waals surface area (Å²) < 4.78 is 5.41. The molecule has 0 aliphatic heterocycles. The van der Waals surface area contributed by atoms with Crippen LogP contribution in [0.4, 0.5) is 0 Å². The SMILES string of the molecule is CCC(NC(C)c1ccccc1OC)c1ncc[nH]1. The molecule has 0 saturated carbocycles. The fourth-order valence-electron chi connectivity index (χ4n) is 2.27. The van der Waals surface area contributed by atoms with Crippen LogP contribution in [0.1, 0.15) is 43.7 Å². The van der Waals surface area contributed by atoms with Gasteiger partial charge in [-0.1, -0.05) is 25.1 Å². The lowest BCUT2D eigenvalue weighted by molar-refractivity contribution is 0.389. The first kappa shape index (κ1) is 13.6. The highest BCUT2D eigenvalue weighted by atomic mass is 16.5. The van der Waals surface area contributed by atoms with E-state index in [0.717, 1.165) is 23.6 Å². The molecule has 102 valence electrons. The fourth-order valence-corrected chi connectivity index (χ4v) is 2.27. The van der Waals surface area contributed by atoms with Crippen LogP contribution in [-0.4, -0.2) is 17.1 Å². The summed E-state index contributed by atoms with van der Waals surface area (Å²) in [6, 6.07) is 8.51. The number of nitrogens with one attached hydrogen (secondary N) is 2. The number of H-pyrrole nitrogens is 1. The molecule has 0 spiro atoms. The molecule has 0 aliphatic rings. The number of aromatic nitrogens is 2. The summed E-state index contributed by atoms with van der Waals surface area (Å²) in [6.07, 6.45) is 4.62. The second kappa shape index (κ2) is 6.38. The molecule has 19 heavy (non-hydrogen) atoms. The van der Waals surface area contributed by atoms with Crippen LogP contribution in [0.2, 0.25) is 0 Å². The lowest BCUT2D eigenvalue weighted by Crippen LogP contribution is -2.25. The maximum atomic E-state index is 5.41. The van der Waals surface area contributed by atoms with Gasteiger partial charge in [0, 0.05) is 24.0 Å². The molecule has 1 aromatic carbocycles. The van der Waals surface area contributed by atoms with Crippen molar-refractivity contribution in [1.29, 1.82) is 0 Å². The summed E-state index contributed by atoms with van der Waals surface area (Å²) in [4.78, 5) is 7.50. The van der Waals surface area contributed by atoms with Gasteiger partial charge in [0.05, 0.1) is 13.2 Å². The third-order valence-electron chi connectivity index (χ3n) is 3.31. The van der Waals surface area contributed by atoms with Crippen LogP contribution in [0.25, 0.3) is 0 Å². The summed E-state index contributed by atoms with van der Waals surface area (Å²) in [5.41, 5.74) is 1.16. The zero-order valence-corrected chi connectivity index (χ0v) is 11.7. The minimum absolute atomic E-state index is 0.200. The van der Waals surface area contributed by atoms with Crippen LogP contribution >= 0.6 is 0 Å². The van der Waals surface area contributed by atoms with Crippen LogP contribution in [0.3, 0.4) is 0 Å². The van der Waals surface area contributed by atoms with E-state index in [1.54, 1.807) is 13.3 Å². The molecule has 4 nitrogen and oxygen atoms in total. The maximum Gasteiger partial charge on any atom is 0.123 e. The van der Waals surface area contributed by atoms with Gasteiger partial charge in [-0.25, -0.2) is 4.98 Å². The van der Waals surface area contributed by atoms with Crippen LogP contribution in [0.15, 0.2) is 36.7 Å². The molecule has 2 rings (SSSR count). The average Bonchev–Trinajstić information content (AvgIpc) is 2.98. The van der Waals surface area contributed by atoms with E-state index in [-0.39, 0.29) is 12.1 Å². The van der Waals surface area contributed by atoms with Gasteiger partial charge in [0.25, 0.3) is 0 Å². The second-order valence-electron chi connectivity index (χ2n) is 4.57. The topological polar surface area (TPSA) is 49.9 Å². The molecule has 2 N–H and O–H groups in total. The minimum Gasteiger partial charge on any atom is -0.496 e. The molecule has 0 radical (unpaired) electrons. The van der Waals surface area contributed by atoms with E-state index in [1.807, 2.05) is 24.4 Å². The van der Waals surface area contributed by atoms with E-state index in [2.05, 4.69) is 35.2 Å². The van der Waals surface area contributed by atoms with Gasteiger partial charge in [0.15, 0.2) is 0 Å². The predicted molar refractivity (Wildman–Crippen MR) is 76.2 cm³/mol. The first-order valence-electron chi connectivity index (χ1n) is 6.64. The van der Waals surface area contributed by atoms with Gasteiger partial charge in [0.2, 0.25) is 0 Å². The van der Waals surface area contributed by atoms with E-state index in [4.69, 9.17) is 4.74 Å². The number of hydrogen-bond acceptors (Lipinski definition) is 3. The third kappa shape index (κ3) is 3.15. The molecule has 0 fully saturated rings. The van der Waals surface area contributed by atoms with Crippen molar-refractivity contribution in [2.45, 2.75) is 32.4 Å². The molecular formula is C15H21N3O. The molecule has 2 unspecified atom stereocenters. The number of ether oxygens (including phenoxy) is 1. The summed E-state index contributed by atoms with van der Waals surface area (Å²) in [5.74, 6) is 1.89. The normalized spacial score (nSPS) is 14.1. The van der Waals surface area contributed by atoms with Crippen molar-refractivity contribution in [3.05, 3.63) is 48.0 Å². The molecule has 2 atom stereocenters. The van der Waals surface area contributed by atoms with Crippen LogP contribution in [-0.2, 0) is 0 Å². The highest BCUT2D eigenvalue weighted by molar-refractivity contribution is 5.35. The Hall–Kier alpha value is -1.81. The van der Waals surface area contributed by atoms with Crippen molar-refractivity contribution in [2.75, 3.05) is 7.11 Å². The van der Waals surface area contributed by atoms with E-state index < -0.39 is 0 Å². The average molecular weight is 259 g/mol. The van der Waals surface area contributed by atoms with Gasteiger partial charge in [-0.2, -0.15) is 0 Å². The van der Waals surface area contributed by atoms with Crippen molar-refractivity contribution in [3.8, 4) is 5.75 Å². The van der Waals surface area contributed by atoms with Gasteiger partial charge in [0.1, 0.15) is 11.6 Å². The standard InChI is InChI=1S/C15H21N3O/c1-4-13(15-16-9-10-17-15)18-11(2)12-7-5-6-8-14(12)19-3/h5-11,13,18H,4H2,1-3H3,(H,16,17). The third-order valence-corrected chi connectivity index (χ3v) is 3.31. The Morgan fingerprint density at radius 3 is 2.79 bits per heavy atom. The highest BCUT2D eigenvalue weighted by Gasteiger charge is 2.17. The first-order chi connectivity index (χ1) is 9.26. The van der Waals surface area contributed by atoms with Crippen molar-refractivity contribution < 1.29 is 4.74 Å². The van der Waals surface area contributed by atoms with Crippen LogP contribution < -0.4 is 10.1 Å². The largest absolute Gasteiger partial charge is 0.496 e. The number of methoxy groups -OCH3 is 1. The summed E-state index contributed by atoms with van der Waals surface area (Å²) >= 11 is 0. The number of hydrogen-bond donors (Lipinski definition) is 2.